The Bertz CT molecular complexity index is 436. The average Bonchev–Trinajstić information content (AvgIpc) is 3.17. The van der Waals surface area contributed by atoms with Gasteiger partial charge in [-0.3, -0.25) is 0 Å². The van der Waals surface area contributed by atoms with Crippen molar-refractivity contribution in [2.45, 2.75) is 32.6 Å². The van der Waals surface area contributed by atoms with Gasteiger partial charge in [0.15, 0.2) is 0 Å². The number of rotatable bonds is 5. The highest BCUT2D eigenvalue weighted by atomic mass is 19.1. The van der Waals surface area contributed by atoms with E-state index in [0.717, 1.165) is 30.6 Å². The Morgan fingerprint density at radius 1 is 1.17 bits per heavy atom. The standard InChI is InChI=1S/C15H21FN2/c1-10-6-15(14(17)7-13(10)16)18(8-11-2-3-11)9-12-4-5-12/h6-7,11-12H,2-5,8-9,17H2,1H3. The van der Waals surface area contributed by atoms with Gasteiger partial charge in [-0.1, -0.05) is 0 Å². The lowest BCUT2D eigenvalue weighted by atomic mass is 10.1. The fraction of sp³-hybridized carbons (Fsp3) is 0.600. The van der Waals surface area contributed by atoms with Gasteiger partial charge in [0.25, 0.3) is 0 Å². The van der Waals surface area contributed by atoms with Gasteiger partial charge in [0.05, 0.1) is 11.4 Å². The number of nitrogen functional groups attached to an aromatic ring is 1. The van der Waals surface area contributed by atoms with Gasteiger partial charge in [0, 0.05) is 13.1 Å². The second-order valence-electron chi connectivity index (χ2n) is 5.95. The molecular weight excluding hydrogens is 227 g/mol. The molecule has 0 spiro atoms. The minimum absolute atomic E-state index is 0.200. The number of halogens is 1. The van der Waals surface area contributed by atoms with Crippen LogP contribution in [0.2, 0.25) is 0 Å². The van der Waals surface area contributed by atoms with Gasteiger partial charge in [0.2, 0.25) is 0 Å². The summed E-state index contributed by atoms with van der Waals surface area (Å²) in [6, 6.07) is 3.38. The van der Waals surface area contributed by atoms with Crippen molar-refractivity contribution in [3.63, 3.8) is 0 Å². The summed E-state index contributed by atoms with van der Waals surface area (Å²) in [5, 5.41) is 0. The van der Waals surface area contributed by atoms with E-state index in [1.807, 2.05) is 13.0 Å². The molecule has 0 radical (unpaired) electrons. The highest BCUT2D eigenvalue weighted by molar-refractivity contribution is 5.69. The molecule has 1 aromatic rings. The Morgan fingerprint density at radius 3 is 2.22 bits per heavy atom. The van der Waals surface area contributed by atoms with Crippen LogP contribution in [0.3, 0.4) is 0 Å². The minimum atomic E-state index is -0.200. The van der Waals surface area contributed by atoms with Crippen molar-refractivity contribution in [3.05, 3.63) is 23.5 Å². The van der Waals surface area contributed by atoms with Crippen LogP contribution in [0, 0.1) is 24.6 Å². The number of nitrogens with two attached hydrogens (primary N) is 1. The molecule has 0 amide bonds. The average molecular weight is 248 g/mol. The largest absolute Gasteiger partial charge is 0.397 e. The van der Waals surface area contributed by atoms with Crippen molar-refractivity contribution in [2.24, 2.45) is 11.8 Å². The van der Waals surface area contributed by atoms with Gasteiger partial charge in [-0.05, 0) is 62.1 Å². The molecule has 1 aromatic carbocycles. The second kappa shape index (κ2) is 4.45. The molecule has 0 saturated heterocycles. The van der Waals surface area contributed by atoms with Gasteiger partial charge in [-0.2, -0.15) is 0 Å². The normalized spacial score (nSPS) is 19.0. The lowest BCUT2D eigenvalue weighted by Gasteiger charge is -2.26. The Labute approximate surface area is 108 Å². The molecule has 0 aliphatic heterocycles. The van der Waals surface area contributed by atoms with Gasteiger partial charge in [0.1, 0.15) is 5.82 Å². The highest BCUT2D eigenvalue weighted by Gasteiger charge is 2.30. The van der Waals surface area contributed by atoms with Gasteiger partial charge in [-0.25, -0.2) is 4.39 Å². The predicted molar refractivity (Wildman–Crippen MR) is 73.2 cm³/mol. The third kappa shape index (κ3) is 2.60. The van der Waals surface area contributed by atoms with Crippen LogP contribution >= 0.6 is 0 Å². The molecule has 0 atom stereocenters. The van der Waals surface area contributed by atoms with Crippen LogP contribution in [0.5, 0.6) is 0 Å². The summed E-state index contributed by atoms with van der Waals surface area (Å²) in [5.74, 6) is 1.45. The van der Waals surface area contributed by atoms with Crippen molar-refractivity contribution in [1.29, 1.82) is 0 Å². The van der Waals surface area contributed by atoms with E-state index in [1.165, 1.54) is 31.7 Å². The monoisotopic (exact) mass is 248 g/mol. The topological polar surface area (TPSA) is 29.3 Å². The maximum atomic E-state index is 13.5. The molecule has 2 nitrogen and oxygen atoms in total. The molecule has 0 heterocycles. The molecule has 3 rings (SSSR count). The zero-order chi connectivity index (χ0) is 12.7. The molecule has 3 heteroatoms. The molecule has 2 fully saturated rings. The van der Waals surface area contributed by atoms with Crippen LogP contribution in [0.15, 0.2) is 12.1 Å². The molecule has 0 unspecified atom stereocenters. The third-order valence-electron chi connectivity index (χ3n) is 4.00. The van der Waals surface area contributed by atoms with Gasteiger partial charge < -0.3 is 10.6 Å². The quantitative estimate of drug-likeness (QED) is 0.810. The summed E-state index contributed by atoms with van der Waals surface area (Å²) in [6.45, 7) is 3.99. The Morgan fingerprint density at radius 2 is 1.72 bits per heavy atom. The van der Waals surface area contributed by atoms with E-state index in [2.05, 4.69) is 4.90 Å². The zero-order valence-corrected chi connectivity index (χ0v) is 11.0. The molecule has 18 heavy (non-hydrogen) atoms. The predicted octanol–water partition coefficient (Wildman–Crippen LogP) is 3.34. The second-order valence-corrected chi connectivity index (χ2v) is 5.95. The first-order valence-corrected chi connectivity index (χ1v) is 6.94. The van der Waals surface area contributed by atoms with Crippen molar-refractivity contribution < 1.29 is 4.39 Å². The number of aryl methyl sites for hydroxylation is 1. The molecule has 0 bridgehead atoms. The van der Waals surface area contributed by atoms with Gasteiger partial charge >= 0.3 is 0 Å². The number of hydrogen-bond acceptors (Lipinski definition) is 2. The Balaban J connectivity index is 1.84. The number of hydrogen-bond donors (Lipinski definition) is 1. The van der Waals surface area contributed by atoms with E-state index < -0.39 is 0 Å². The molecule has 2 saturated carbocycles. The summed E-state index contributed by atoms with van der Waals surface area (Å²) in [5.41, 5.74) is 8.31. The highest BCUT2D eigenvalue weighted by Crippen LogP contribution is 2.37. The fourth-order valence-electron chi connectivity index (χ4n) is 2.45. The van der Waals surface area contributed by atoms with Crippen LogP contribution in [-0.2, 0) is 0 Å². The summed E-state index contributed by atoms with van der Waals surface area (Å²) in [7, 11) is 0. The third-order valence-corrected chi connectivity index (χ3v) is 4.00. The minimum Gasteiger partial charge on any atom is -0.397 e. The van der Waals surface area contributed by atoms with Crippen LogP contribution in [-0.4, -0.2) is 13.1 Å². The van der Waals surface area contributed by atoms with Crippen LogP contribution < -0.4 is 10.6 Å². The lowest BCUT2D eigenvalue weighted by molar-refractivity contribution is 0.617. The Hall–Kier alpha value is -1.25. The number of benzene rings is 1. The lowest BCUT2D eigenvalue weighted by Crippen LogP contribution is -2.29. The van der Waals surface area contributed by atoms with Crippen LogP contribution in [0.4, 0.5) is 15.8 Å². The van der Waals surface area contributed by atoms with Crippen molar-refractivity contribution in [1.82, 2.24) is 0 Å². The van der Waals surface area contributed by atoms with E-state index in [9.17, 15) is 4.39 Å². The zero-order valence-electron chi connectivity index (χ0n) is 11.0. The fourth-order valence-corrected chi connectivity index (χ4v) is 2.45. The smallest absolute Gasteiger partial charge is 0.128 e. The molecule has 2 N–H and O–H groups in total. The van der Waals surface area contributed by atoms with Gasteiger partial charge in [-0.15, -0.1) is 0 Å². The van der Waals surface area contributed by atoms with E-state index in [-0.39, 0.29) is 5.82 Å². The first-order chi connectivity index (χ1) is 8.63. The number of nitrogens with zero attached hydrogens (tertiary/aromatic N) is 1. The molecule has 98 valence electrons. The first-order valence-electron chi connectivity index (χ1n) is 6.94. The maximum absolute atomic E-state index is 13.5. The maximum Gasteiger partial charge on any atom is 0.128 e. The van der Waals surface area contributed by atoms with E-state index in [1.54, 1.807) is 0 Å². The Kier molecular flexibility index (Phi) is 2.92. The van der Waals surface area contributed by atoms with Crippen LogP contribution in [0.1, 0.15) is 31.2 Å². The molecular formula is C15H21FN2. The van der Waals surface area contributed by atoms with E-state index in [0.29, 0.717) is 11.3 Å². The molecule has 2 aliphatic carbocycles. The van der Waals surface area contributed by atoms with Crippen LogP contribution in [0.25, 0.3) is 0 Å². The summed E-state index contributed by atoms with van der Waals surface area (Å²) >= 11 is 0. The summed E-state index contributed by atoms with van der Waals surface area (Å²) < 4.78 is 13.5. The SMILES string of the molecule is Cc1cc(N(CC2CC2)CC2CC2)c(N)cc1F. The molecule has 2 aliphatic rings. The van der Waals surface area contributed by atoms with Crippen molar-refractivity contribution >= 4 is 11.4 Å². The van der Waals surface area contributed by atoms with Crippen molar-refractivity contribution in [2.75, 3.05) is 23.7 Å². The molecule has 0 aromatic heterocycles. The van der Waals surface area contributed by atoms with Crippen molar-refractivity contribution in [3.8, 4) is 0 Å². The summed E-state index contributed by atoms with van der Waals surface area (Å²) in [4.78, 5) is 2.39. The van der Waals surface area contributed by atoms with E-state index in [4.69, 9.17) is 5.73 Å². The van der Waals surface area contributed by atoms with E-state index >= 15 is 0 Å². The number of anilines is 2. The summed E-state index contributed by atoms with van der Waals surface area (Å²) in [6.07, 6.45) is 5.34. The first kappa shape index (κ1) is 11.8.